The quantitative estimate of drug-likeness (QED) is 0.619. The van der Waals surface area contributed by atoms with E-state index in [1.54, 1.807) is 11.3 Å². The molecule has 0 N–H and O–H groups in total. The van der Waals surface area contributed by atoms with Gasteiger partial charge in [-0.05, 0) is 35.1 Å². The molecule has 1 heterocycles. The smallest absolute Gasteiger partial charge is 0.165 e. The van der Waals surface area contributed by atoms with Gasteiger partial charge in [-0.25, -0.2) is 0 Å². The van der Waals surface area contributed by atoms with Gasteiger partial charge in [0.05, 0.1) is 0 Å². The number of carbonyl (C=O) groups excluding carboxylic acids is 1. The maximum atomic E-state index is 12.2. The third-order valence-corrected chi connectivity index (χ3v) is 5.32. The highest BCUT2D eigenvalue weighted by atomic mass is 79.9. The normalized spacial score (nSPS) is 11.0. The van der Waals surface area contributed by atoms with Crippen LogP contribution in [0.5, 0.6) is 0 Å². The van der Waals surface area contributed by atoms with Crippen molar-refractivity contribution >= 4 is 49.0 Å². The SMILES string of the molecule is CN(CCC(=O)c1ccccc1Br)Cc1cc(Br)cs1. The molecule has 1 aromatic heterocycles. The summed E-state index contributed by atoms with van der Waals surface area (Å²) in [6.45, 7) is 1.63. The molecule has 0 aliphatic carbocycles. The molecule has 2 nitrogen and oxygen atoms in total. The fourth-order valence-corrected chi connectivity index (χ4v) is 3.93. The molecule has 106 valence electrons. The van der Waals surface area contributed by atoms with Gasteiger partial charge in [0.2, 0.25) is 0 Å². The summed E-state index contributed by atoms with van der Waals surface area (Å²) in [4.78, 5) is 15.6. The van der Waals surface area contributed by atoms with Crippen LogP contribution in [0.2, 0.25) is 0 Å². The maximum absolute atomic E-state index is 12.2. The van der Waals surface area contributed by atoms with Crippen molar-refractivity contribution in [3.63, 3.8) is 0 Å². The van der Waals surface area contributed by atoms with Gasteiger partial charge in [-0.3, -0.25) is 4.79 Å². The van der Waals surface area contributed by atoms with Gasteiger partial charge < -0.3 is 4.90 Å². The number of ketones is 1. The second-order valence-corrected chi connectivity index (χ2v) is 7.39. The highest BCUT2D eigenvalue weighted by molar-refractivity contribution is 9.10. The van der Waals surface area contributed by atoms with Crippen molar-refractivity contribution in [2.24, 2.45) is 0 Å². The number of thiophene rings is 1. The van der Waals surface area contributed by atoms with Crippen molar-refractivity contribution in [2.45, 2.75) is 13.0 Å². The van der Waals surface area contributed by atoms with Crippen molar-refractivity contribution in [3.8, 4) is 0 Å². The average molecular weight is 417 g/mol. The summed E-state index contributed by atoms with van der Waals surface area (Å²) < 4.78 is 1.99. The third-order valence-electron chi connectivity index (χ3n) is 2.94. The lowest BCUT2D eigenvalue weighted by Crippen LogP contribution is -2.21. The minimum Gasteiger partial charge on any atom is -0.301 e. The molecular formula is C15H15Br2NOS. The van der Waals surface area contributed by atoms with Crippen LogP contribution in [0, 0.1) is 0 Å². The summed E-state index contributed by atoms with van der Waals surface area (Å²) >= 11 is 8.61. The van der Waals surface area contributed by atoms with Crippen LogP contribution in [0.4, 0.5) is 0 Å². The Morgan fingerprint density at radius 1 is 1.30 bits per heavy atom. The molecule has 0 fully saturated rings. The van der Waals surface area contributed by atoms with E-state index in [2.05, 4.69) is 48.2 Å². The molecule has 2 rings (SSSR count). The van der Waals surface area contributed by atoms with E-state index in [0.29, 0.717) is 6.42 Å². The number of rotatable bonds is 6. The first-order chi connectivity index (χ1) is 9.56. The highest BCUT2D eigenvalue weighted by Crippen LogP contribution is 2.21. The van der Waals surface area contributed by atoms with E-state index in [0.717, 1.165) is 27.6 Å². The van der Waals surface area contributed by atoms with E-state index in [-0.39, 0.29) is 5.78 Å². The molecule has 0 atom stereocenters. The Morgan fingerprint density at radius 2 is 2.05 bits per heavy atom. The summed E-state index contributed by atoms with van der Waals surface area (Å²) in [7, 11) is 2.04. The Balaban J connectivity index is 1.85. The molecule has 2 aromatic rings. The predicted molar refractivity (Wildman–Crippen MR) is 91.4 cm³/mol. The van der Waals surface area contributed by atoms with Crippen LogP contribution in [-0.4, -0.2) is 24.3 Å². The Kier molecular flexibility index (Phi) is 5.96. The second-order valence-electron chi connectivity index (χ2n) is 4.62. The lowest BCUT2D eigenvalue weighted by Gasteiger charge is -2.15. The first kappa shape index (κ1) is 15.9. The van der Waals surface area contributed by atoms with E-state index >= 15 is 0 Å². The van der Waals surface area contributed by atoms with Crippen LogP contribution < -0.4 is 0 Å². The molecule has 0 aliphatic heterocycles. The summed E-state index contributed by atoms with van der Waals surface area (Å²) in [6.07, 6.45) is 0.533. The molecule has 0 unspecified atom stereocenters. The second kappa shape index (κ2) is 7.50. The molecule has 0 bridgehead atoms. The first-order valence-electron chi connectivity index (χ1n) is 6.25. The minimum atomic E-state index is 0.177. The fourth-order valence-electron chi connectivity index (χ4n) is 1.90. The van der Waals surface area contributed by atoms with Gasteiger partial charge in [-0.1, -0.05) is 34.1 Å². The summed E-state index contributed by atoms with van der Waals surface area (Å²) in [5.41, 5.74) is 0.764. The number of carbonyl (C=O) groups is 1. The van der Waals surface area contributed by atoms with E-state index in [4.69, 9.17) is 0 Å². The van der Waals surface area contributed by atoms with Gasteiger partial charge >= 0.3 is 0 Å². The number of halogens is 2. The van der Waals surface area contributed by atoms with Crippen molar-refractivity contribution in [3.05, 3.63) is 55.1 Å². The van der Waals surface area contributed by atoms with Gasteiger partial charge in [-0.15, -0.1) is 11.3 Å². The summed E-state index contributed by atoms with van der Waals surface area (Å²) in [6, 6.07) is 9.70. The molecular weight excluding hydrogens is 402 g/mol. The average Bonchev–Trinajstić information content (AvgIpc) is 2.82. The van der Waals surface area contributed by atoms with Crippen LogP contribution in [-0.2, 0) is 6.54 Å². The van der Waals surface area contributed by atoms with Crippen LogP contribution >= 0.6 is 43.2 Å². The van der Waals surface area contributed by atoms with Crippen molar-refractivity contribution in [1.29, 1.82) is 0 Å². The molecule has 5 heteroatoms. The number of hydrogen-bond acceptors (Lipinski definition) is 3. The number of nitrogens with zero attached hydrogens (tertiary/aromatic N) is 1. The van der Waals surface area contributed by atoms with Crippen LogP contribution in [0.15, 0.2) is 44.7 Å². The molecule has 0 spiro atoms. The van der Waals surface area contributed by atoms with Crippen molar-refractivity contribution in [2.75, 3.05) is 13.6 Å². The highest BCUT2D eigenvalue weighted by Gasteiger charge is 2.11. The van der Waals surface area contributed by atoms with E-state index in [1.165, 1.54) is 4.88 Å². The zero-order valence-corrected chi connectivity index (χ0v) is 15.1. The zero-order chi connectivity index (χ0) is 14.5. The largest absolute Gasteiger partial charge is 0.301 e. The zero-order valence-electron chi connectivity index (χ0n) is 11.1. The van der Waals surface area contributed by atoms with Crippen molar-refractivity contribution < 1.29 is 4.79 Å². The Hall–Kier alpha value is -0.490. The van der Waals surface area contributed by atoms with Gasteiger partial charge in [0, 0.05) is 44.3 Å². The monoisotopic (exact) mass is 415 g/mol. The fraction of sp³-hybridized carbons (Fsp3) is 0.267. The molecule has 0 aliphatic rings. The predicted octanol–water partition coefficient (Wildman–Crippen LogP) is 4.98. The van der Waals surface area contributed by atoms with Crippen LogP contribution in [0.1, 0.15) is 21.7 Å². The molecule has 0 saturated carbocycles. The summed E-state index contributed by atoms with van der Waals surface area (Å²) in [5, 5.41) is 2.08. The third kappa shape index (κ3) is 4.52. The lowest BCUT2D eigenvalue weighted by atomic mass is 10.1. The van der Waals surface area contributed by atoms with Gasteiger partial charge in [0.1, 0.15) is 0 Å². The molecule has 0 saturated heterocycles. The molecule has 0 radical (unpaired) electrons. The van der Waals surface area contributed by atoms with Crippen LogP contribution in [0.25, 0.3) is 0 Å². The van der Waals surface area contributed by atoms with Gasteiger partial charge in [0.15, 0.2) is 5.78 Å². The van der Waals surface area contributed by atoms with Crippen molar-refractivity contribution in [1.82, 2.24) is 4.90 Å². The van der Waals surface area contributed by atoms with Gasteiger partial charge in [-0.2, -0.15) is 0 Å². The Labute approximate surface area is 140 Å². The molecule has 1 aromatic carbocycles. The number of Topliss-reactive ketones (excluding diaryl/α,β-unsaturated/α-hetero) is 1. The summed E-state index contributed by atoms with van der Waals surface area (Å²) in [5.74, 6) is 0.177. The maximum Gasteiger partial charge on any atom is 0.165 e. The van der Waals surface area contributed by atoms with E-state index in [9.17, 15) is 4.79 Å². The minimum absolute atomic E-state index is 0.177. The van der Waals surface area contributed by atoms with Gasteiger partial charge in [0.25, 0.3) is 0 Å². The topological polar surface area (TPSA) is 20.3 Å². The Morgan fingerprint density at radius 3 is 2.70 bits per heavy atom. The number of benzene rings is 1. The van der Waals surface area contributed by atoms with E-state index in [1.807, 2.05) is 31.3 Å². The molecule has 20 heavy (non-hydrogen) atoms. The Bertz CT molecular complexity index is 597. The standard InChI is InChI=1S/C15H15Br2NOS/c1-18(9-12-8-11(16)10-20-12)7-6-15(19)13-4-2-3-5-14(13)17/h2-5,8,10H,6-7,9H2,1H3. The first-order valence-corrected chi connectivity index (χ1v) is 8.72. The van der Waals surface area contributed by atoms with E-state index < -0.39 is 0 Å². The number of hydrogen-bond donors (Lipinski definition) is 0. The van der Waals surface area contributed by atoms with Crippen LogP contribution in [0.3, 0.4) is 0 Å². The lowest BCUT2D eigenvalue weighted by molar-refractivity contribution is 0.0967. The molecule has 0 amide bonds.